The second-order valence-electron chi connectivity index (χ2n) is 5.77. The molecule has 0 fully saturated rings. The van der Waals surface area contributed by atoms with Gasteiger partial charge in [0.25, 0.3) is 0 Å². The summed E-state index contributed by atoms with van der Waals surface area (Å²) in [5, 5.41) is 6.79. The summed E-state index contributed by atoms with van der Waals surface area (Å²) in [6.45, 7) is 6.80. The highest BCUT2D eigenvalue weighted by Crippen LogP contribution is 2.27. The molecular formula is C14H17F3N4. The zero-order valence-electron chi connectivity index (χ0n) is 12.1. The number of nitrogens with one attached hydrogen (secondary N) is 1. The quantitative estimate of drug-likeness (QED) is 0.946. The standard InChI is InChI=1S/C14H17F3N4/c1-13(2,3)19-9-10-4-5-12(18-8-10)21-7-6-11(20-21)14(15,16)17/h4-8,19H,9H2,1-3H3. The first-order valence-electron chi connectivity index (χ1n) is 6.48. The van der Waals surface area contributed by atoms with Gasteiger partial charge in [-0.3, -0.25) is 0 Å². The fourth-order valence-electron chi connectivity index (χ4n) is 1.63. The third-order valence-corrected chi connectivity index (χ3v) is 2.75. The number of aromatic nitrogens is 3. The van der Waals surface area contributed by atoms with Gasteiger partial charge < -0.3 is 5.32 Å². The van der Waals surface area contributed by atoms with E-state index in [9.17, 15) is 13.2 Å². The lowest BCUT2D eigenvalue weighted by Crippen LogP contribution is -2.35. The van der Waals surface area contributed by atoms with Crippen LogP contribution < -0.4 is 5.32 Å². The van der Waals surface area contributed by atoms with E-state index in [2.05, 4.69) is 36.2 Å². The van der Waals surface area contributed by atoms with Crippen molar-refractivity contribution < 1.29 is 13.2 Å². The summed E-state index contributed by atoms with van der Waals surface area (Å²) >= 11 is 0. The van der Waals surface area contributed by atoms with E-state index in [0.717, 1.165) is 16.3 Å². The van der Waals surface area contributed by atoms with Crippen molar-refractivity contribution in [2.45, 2.75) is 39.0 Å². The minimum Gasteiger partial charge on any atom is -0.308 e. The minimum absolute atomic E-state index is 0.0116. The van der Waals surface area contributed by atoms with E-state index in [1.807, 2.05) is 6.07 Å². The molecule has 114 valence electrons. The molecule has 0 unspecified atom stereocenters. The van der Waals surface area contributed by atoms with Gasteiger partial charge in [-0.2, -0.15) is 18.3 Å². The number of hydrogen-bond acceptors (Lipinski definition) is 3. The van der Waals surface area contributed by atoms with E-state index in [4.69, 9.17) is 0 Å². The molecule has 0 atom stereocenters. The van der Waals surface area contributed by atoms with Crippen molar-refractivity contribution in [3.63, 3.8) is 0 Å². The summed E-state index contributed by atoms with van der Waals surface area (Å²) in [6.07, 6.45) is -1.57. The fourth-order valence-corrected chi connectivity index (χ4v) is 1.63. The Bertz CT molecular complexity index is 594. The van der Waals surface area contributed by atoms with Crippen molar-refractivity contribution in [2.75, 3.05) is 0 Å². The van der Waals surface area contributed by atoms with Gasteiger partial charge in [-0.15, -0.1) is 0 Å². The highest BCUT2D eigenvalue weighted by Gasteiger charge is 2.33. The average molecular weight is 298 g/mol. The van der Waals surface area contributed by atoms with Crippen LogP contribution in [0.3, 0.4) is 0 Å². The summed E-state index contributed by atoms with van der Waals surface area (Å²) in [4.78, 5) is 4.14. The Kier molecular flexibility index (Phi) is 4.04. The predicted molar refractivity (Wildman–Crippen MR) is 73.0 cm³/mol. The molecular weight excluding hydrogens is 281 g/mol. The van der Waals surface area contributed by atoms with Crippen LogP contribution >= 0.6 is 0 Å². The molecule has 0 amide bonds. The van der Waals surface area contributed by atoms with Crippen molar-refractivity contribution in [3.05, 3.63) is 41.9 Å². The third kappa shape index (κ3) is 4.29. The largest absolute Gasteiger partial charge is 0.435 e. The van der Waals surface area contributed by atoms with Gasteiger partial charge in [-0.25, -0.2) is 9.67 Å². The molecule has 0 radical (unpaired) electrons. The summed E-state index contributed by atoms with van der Waals surface area (Å²) in [5.41, 5.74) is 0.0158. The molecule has 0 aliphatic carbocycles. The molecule has 21 heavy (non-hydrogen) atoms. The van der Waals surface area contributed by atoms with Crippen LogP contribution in [0.15, 0.2) is 30.6 Å². The average Bonchev–Trinajstić information content (AvgIpc) is 2.85. The van der Waals surface area contributed by atoms with Crippen molar-refractivity contribution in [2.24, 2.45) is 0 Å². The van der Waals surface area contributed by atoms with Gasteiger partial charge in [0.15, 0.2) is 11.5 Å². The zero-order valence-corrected chi connectivity index (χ0v) is 12.1. The maximum Gasteiger partial charge on any atom is 0.435 e. The Labute approximate surface area is 121 Å². The number of hydrogen-bond donors (Lipinski definition) is 1. The molecule has 0 aromatic carbocycles. The van der Waals surface area contributed by atoms with E-state index in [-0.39, 0.29) is 5.54 Å². The van der Waals surface area contributed by atoms with Gasteiger partial charge in [0.1, 0.15) is 0 Å². The molecule has 0 aliphatic rings. The van der Waals surface area contributed by atoms with Gasteiger partial charge in [0.05, 0.1) is 0 Å². The maximum atomic E-state index is 12.5. The molecule has 1 N–H and O–H groups in total. The first-order chi connectivity index (χ1) is 9.65. The summed E-state index contributed by atoms with van der Waals surface area (Å²) in [5.74, 6) is 0.352. The molecule has 0 bridgehead atoms. The number of nitrogens with zero attached hydrogens (tertiary/aromatic N) is 3. The molecule has 7 heteroatoms. The molecule has 2 aromatic rings. The van der Waals surface area contributed by atoms with Crippen LogP contribution in [-0.4, -0.2) is 20.3 Å². The monoisotopic (exact) mass is 298 g/mol. The highest BCUT2D eigenvalue weighted by molar-refractivity contribution is 5.25. The van der Waals surface area contributed by atoms with Crippen LogP contribution in [0.2, 0.25) is 0 Å². The maximum absolute atomic E-state index is 12.5. The van der Waals surface area contributed by atoms with Gasteiger partial charge in [-0.1, -0.05) is 6.07 Å². The lowest BCUT2D eigenvalue weighted by Gasteiger charge is -2.20. The second-order valence-corrected chi connectivity index (χ2v) is 5.77. The second kappa shape index (κ2) is 5.48. The number of alkyl halides is 3. The number of rotatable bonds is 3. The smallest absolute Gasteiger partial charge is 0.308 e. The van der Waals surface area contributed by atoms with Crippen molar-refractivity contribution >= 4 is 0 Å². The van der Waals surface area contributed by atoms with Crippen LogP contribution in [0.4, 0.5) is 13.2 Å². The SMILES string of the molecule is CC(C)(C)NCc1ccc(-n2ccc(C(F)(F)F)n2)nc1. The third-order valence-electron chi connectivity index (χ3n) is 2.75. The van der Waals surface area contributed by atoms with E-state index >= 15 is 0 Å². The van der Waals surface area contributed by atoms with Crippen molar-refractivity contribution in [1.82, 2.24) is 20.1 Å². The van der Waals surface area contributed by atoms with E-state index in [0.29, 0.717) is 12.4 Å². The zero-order chi connectivity index (χ0) is 15.7. The van der Waals surface area contributed by atoms with E-state index in [1.54, 1.807) is 12.3 Å². The summed E-state index contributed by atoms with van der Waals surface area (Å²) < 4.78 is 38.6. The van der Waals surface area contributed by atoms with Crippen LogP contribution in [0.25, 0.3) is 5.82 Å². The van der Waals surface area contributed by atoms with Gasteiger partial charge in [0.2, 0.25) is 0 Å². The molecule has 4 nitrogen and oxygen atoms in total. The van der Waals surface area contributed by atoms with Gasteiger partial charge in [0, 0.05) is 24.5 Å². The Morgan fingerprint density at radius 2 is 1.86 bits per heavy atom. The van der Waals surface area contributed by atoms with Gasteiger partial charge in [-0.05, 0) is 38.5 Å². The Hall–Kier alpha value is -1.89. The molecule has 0 aliphatic heterocycles. The van der Waals surface area contributed by atoms with E-state index in [1.165, 1.54) is 6.20 Å². The van der Waals surface area contributed by atoms with Crippen LogP contribution in [0.5, 0.6) is 0 Å². The normalized spacial score (nSPS) is 12.7. The predicted octanol–water partition coefficient (Wildman–Crippen LogP) is 3.17. The molecule has 0 spiro atoms. The molecule has 2 heterocycles. The van der Waals surface area contributed by atoms with E-state index < -0.39 is 11.9 Å². The molecule has 0 saturated heterocycles. The molecule has 2 aromatic heterocycles. The Morgan fingerprint density at radius 1 is 1.14 bits per heavy atom. The lowest BCUT2D eigenvalue weighted by molar-refractivity contribution is -0.141. The van der Waals surface area contributed by atoms with Crippen molar-refractivity contribution in [1.29, 1.82) is 0 Å². The number of pyridine rings is 1. The fraction of sp³-hybridized carbons (Fsp3) is 0.429. The van der Waals surface area contributed by atoms with Crippen molar-refractivity contribution in [3.8, 4) is 5.82 Å². The lowest BCUT2D eigenvalue weighted by atomic mass is 10.1. The summed E-state index contributed by atoms with van der Waals surface area (Å²) in [6, 6.07) is 4.39. The van der Waals surface area contributed by atoms with Crippen LogP contribution in [0.1, 0.15) is 32.0 Å². The van der Waals surface area contributed by atoms with Crippen LogP contribution in [-0.2, 0) is 12.7 Å². The van der Waals surface area contributed by atoms with Gasteiger partial charge >= 0.3 is 6.18 Å². The summed E-state index contributed by atoms with van der Waals surface area (Å²) in [7, 11) is 0. The minimum atomic E-state index is -4.44. The topological polar surface area (TPSA) is 42.7 Å². The first-order valence-corrected chi connectivity index (χ1v) is 6.48. The Morgan fingerprint density at radius 3 is 2.33 bits per heavy atom. The Balaban J connectivity index is 2.10. The van der Waals surface area contributed by atoms with Crippen LogP contribution in [0, 0.1) is 0 Å². The molecule has 0 saturated carbocycles. The molecule has 2 rings (SSSR count). The first kappa shape index (κ1) is 15.5. The highest BCUT2D eigenvalue weighted by atomic mass is 19.4. The number of halogens is 3.